The Balaban J connectivity index is 1.65. The maximum atomic E-state index is 13.1. The molecule has 8 heteroatoms. The molecule has 0 bridgehead atoms. The molecular weight excluding hydrogens is 371 g/mol. The van der Waals surface area contributed by atoms with E-state index >= 15 is 0 Å². The van der Waals surface area contributed by atoms with Crippen LogP contribution in [0.4, 0.5) is 10.1 Å². The average Bonchev–Trinajstić information content (AvgIpc) is 3.16. The van der Waals surface area contributed by atoms with Crippen molar-refractivity contribution in [1.29, 1.82) is 0 Å². The number of ether oxygens (including phenoxy) is 1. The lowest BCUT2D eigenvalue weighted by Gasteiger charge is -2.12. The number of halogens is 1. The van der Waals surface area contributed by atoms with E-state index in [9.17, 15) is 17.6 Å². The molecule has 144 valence electrons. The quantitative estimate of drug-likeness (QED) is 0.792. The summed E-state index contributed by atoms with van der Waals surface area (Å²) in [7, 11) is -3.66. The molecule has 27 heavy (non-hydrogen) atoms. The molecule has 1 aliphatic heterocycles. The van der Waals surface area contributed by atoms with Gasteiger partial charge in [0.05, 0.1) is 11.0 Å². The van der Waals surface area contributed by atoms with Gasteiger partial charge >= 0.3 is 0 Å². The van der Waals surface area contributed by atoms with Gasteiger partial charge in [0.15, 0.2) is 0 Å². The van der Waals surface area contributed by atoms with Crippen LogP contribution in [0.5, 0.6) is 0 Å². The summed E-state index contributed by atoms with van der Waals surface area (Å²) in [5.41, 5.74) is 1.40. The molecule has 1 heterocycles. The summed E-state index contributed by atoms with van der Waals surface area (Å²) in [5.74, 6) is -0.781. The predicted molar refractivity (Wildman–Crippen MR) is 99.7 cm³/mol. The fourth-order valence-corrected chi connectivity index (χ4v) is 3.90. The second-order valence-electron chi connectivity index (χ2n) is 6.42. The smallest absolute Gasteiger partial charge is 0.255 e. The SMILES string of the molecule is Cc1cc(F)ccc1NC(=O)c1ccc(S(=O)(=O)NCC2CCCO2)cc1. The van der Waals surface area contributed by atoms with Crippen LogP contribution in [0.1, 0.15) is 28.8 Å². The number of hydrogen-bond acceptors (Lipinski definition) is 4. The topological polar surface area (TPSA) is 84.5 Å². The molecule has 3 rings (SSSR count). The van der Waals surface area contributed by atoms with E-state index in [0.29, 0.717) is 23.4 Å². The maximum Gasteiger partial charge on any atom is 0.255 e. The third-order valence-electron chi connectivity index (χ3n) is 4.39. The highest BCUT2D eigenvalue weighted by Gasteiger charge is 2.20. The number of amides is 1. The molecule has 6 nitrogen and oxygen atoms in total. The molecule has 0 spiro atoms. The van der Waals surface area contributed by atoms with Crippen LogP contribution in [0.2, 0.25) is 0 Å². The van der Waals surface area contributed by atoms with Gasteiger partial charge in [-0.1, -0.05) is 0 Å². The van der Waals surface area contributed by atoms with Crippen LogP contribution < -0.4 is 10.0 Å². The number of nitrogens with one attached hydrogen (secondary N) is 2. The summed E-state index contributed by atoms with van der Waals surface area (Å²) in [6.07, 6.45) is 1.68. The number of hydrogen-bond donors (Lipinski definition) is 2. The molecule has 1 unspecified atom stereocenters. The van der Waals surface area contributed by atoms with Crippen molar-refractivity contribution in [3.05, 3.63) is 59.4 Å². The fourth-order valence-electron chi connectivity index (χ4n) is 2.84. The first-order valence-corrected chi connectivity index (χ1v) is 10.1. The van der Waals surface area contributed by atoms with Crippen molar-refractivity contribution in [2.45, 2.75) is 30.8 Å². The highest BCUT2D eigenvalue weighted by atomic mass is 32.2. The molecule has 0 aromatic heterocycles. The Labute approximate surface area is 157 Å². The molecular formula is C19H21FN2O4S. The normalized spacial score (nSPS) is 17.0. The van der Waals surface area contributed by atoms with Crippen LogP contribution in [0.3, 0.4) is 0 Å². The second kappa shape index (κ2) is 8.16. The standard InChI is InChI=1S/C19H21FN2O4S/c1-13-11-15(20)6-9-18(13)22-19(23)14-4-7-17(8-5-14)27(24,25)21-12-16-3-2-10-26-16/h4-9,11,16,21H,2-3,10,12H2,1H3,(H,22,23). The number of anilines is 1. The molecule has 1 atom stereocenters. The van der Waals surface area contributed by atoms with Crippen LogP contribution in [-0.2, 0) is 14.8 Å². The summed E-state index contributed by atoms with van der Waals surface area (Å²) < 4.78 is 45.7. The van der Waals surface area contributed by atoms with Gasteiger partial charge in [0.25, 0.3) is 5.91 Å². The van der Waals surface area contributed by atoms with E-state index in [2.05, 4.69) is 10.0 Å². The first-order valence-electron chi connectivity index (χ1n) is 8.64. The van der Waals surface area contributed by atoms with E-state index in [-0.39, 0.29) is 23.4 Å². The summed E-state index contributed by atoms with van der Waals surface area (Å²) in [5, 5.41) is 2.69. The van der Waals surface area contributed by atoms with Gasteiger partial charge < -0.3 is 10.1 Å². The van der Waals surface area contributed by atoms with Gasteiger partial charge in [0.2, 0.25) is 10.0 Å². The fraction of sp³-hybridized carbons (Fsp3) is 0.316. The first kappa shape index (κ1) is 19.5. The van der Waals surface area contributed by atoms with Crippen molar-refractivity contribution < 1.29 is 22.3 Å². The lowest BCUT2D eigenvalue weighted by atomic mass is 10.1. The minimum absolute atomic E-state index is 0.0787. The molecule has 1 aliphatic rings. The molecule has 1 saturated heterocycles. The molecule has 1 amide bonds. The van der Waals surface area contributed by atoms with E-state index in [1.807, 2.05) is 0 Å². The molecule has 2 N–H and O–H groups in total. The van der Waals surface area contributed by atoms with Gasteiger partial charge in [-0.15, -0.1) is 0 Å². The third-order valence-corrected chi connectivity index (χ3v) is 5.83. The Kier molecular flexibility index (Phi) is 5.88. The first-order chi connectivity index (χ1) is 12.8. The summed E-state index contributed by atoms with van der Waals surface area (Å²) in [6, 6.07) is 9.71. The van der Waals surface area contributed by atoms with Gasteiger partial charge in [-0.2, -0.15) is 0 Å². The Morgan fingerprint density at radius 2 is 1.96 bits per heavy atom. The Morgan fingerprint density at radius 1 is 1.22 bits per heavy atom. The predicted octanol–water partition coefficient (Wildman–Crippen LogP) is 2.84. The van der Waals surface area contributed by atoms with Crippen LogP contribution in [0, 0.1) is 12.7 Å². The van der Waals surface area contributed by atoms with E-state index in [1.165, 1.54) is 42.5 Å². The average molecular weight is 392 g/mol. The molecule has 1 fully saturated rings. The zero-order valence-electron chi connectivity index (χ0n) is 14.9. The lowest BCUT2D eigenvalue weighted by molar-refractivity contribution is 0.102. The van der Waals surface area contributed by atoms with Gasteiger partial charge in [-0.25, -0.2) is 17.5 Å². The number of aryl methyl sites for hydroxylation is 1. The minimum Gasteiger partial charge on any atom is -0.377 e. The minimum atomic E-state index is -3.66. The van der Waals surface area contributed by atoms with Gasteiger partial charge in [0, 0.05) is 24.4 Å². The van der Waals surface area contributed by atoms with Crippen LogP contribution in [0.15, 0.2) is 47.4 Å². The third kappa shape index (κ3) is 4.91. The van der Waals surface area contributed by atoms with E-state index in [1.54, 1.807) is 6.92 Å². The maximum absolute atomic E-state index is 13.1. The van der Waals surface area contributed by atoms with Crippen LogP contribution in [0.25, 0.3) is 0 Å². The van der Waals surface area contributed by atoms with E-state index in [4.69, 9.17) is 4.74 Å². The largest absolute Gasteiger partial charge is 0.377 e. The summed E-state index contributed by atoms with van der Waals surface area (Å²) >= 11 is 0. The number of carbonyl (C=O) groups is 1. The van der Waals surface area contributed by atoms with Crippen molar-refractivity contribution in [3.63, 3.8) is 0 Å². The van der Waals surface area contributed by atoms with Crippen molar-refractivity contribution in [2.75, 3.05) is 18.5 Å². The second-order valence-corrected chi connectivity index (χ2v) is 8.19. The molecule has 0 radical (unpaired) electrons. The monoisotopic (exact) mass is 392 g/mol. The summed E-state index contributed by atoms with van der Waals surface area (Å²) in [4.78, 5) is 12.4. The number of benzene rings is 2. The van der Waals surface area contributed by atoms with Crippen LogP contribution >= 0.6 is 0 Å². The highest BCUT2D eigenvalue weighted by Crippen LogP contribution is 2.18. The molecule has 0 saturated carbocycles. The molecule has 2 aromatic rings. The van der Waals surface area contributed by atoms with Crippen molar-refractivity contribution in [3.8, 4) is 0 Å². The summed E-state index contributed by atoms with van der Waals surface area (Å²) in [6.45, 7) is 2.58. The zero-order chi connectivity index (χ0) is 19.4. The van der Waals surface area contributed by atoms with Crippen LogP contribution in [-0.4, -0.2) is 33.6 Å². The highest BCUT2D eigenvalue weighted by molar-refractivity contribution is 7.89. The lowest BCUT2D eigenvalue weighted by Crippen LogP contribution is -2.31. The number of rotatable bonds is 6. The number of sulfonamides is 1. The molecule has 2 aromatic carbocycles. The molecule has 0 aliphatic carbocycles. The Bertz CT molecular complexity index is 923. The van der Waals surface area contributed by atoms with Crippen molar-refractivity contribution >= 4 is 21.6 Å². The zero-order valence-corrected chi connectivity index (χ0v) is 15.7. The Hall–Kier alpha value is -2.29. The van der Waals surface area contributed by atoms with E-state index in [0.717, 1.165) is 12.8 Å². The van der Waals surface area contributed by atoms with Gasteiger partial charge in [-0.3, -0.25) is 4.79 Å². The van der Waals surface area contributed by atoms with Gasteiger partial charge in [-0.05, 0) is 67.8 Å². The van der Waals surface area contributed by atoms with E-state index < -0.39 is 15.9 Å². The van der Waals surface area contributed by atoms with Crippen molar-refractivity contribution in [2.24, 2.45) is 0 Å². The van der Waals surface area contributed by atoms with Crippen molar-refractivity contribution in [1.82, 2.24) is 4.72 Å². The van der Waals surface area contributed by atoms with Gasteiger partial charge in [0.1, 0.15) is 5.82 Å². The number of carbonyl (C=O) groups excluding carboxylic acids is 1. The Morgan fingerprint density at radius 3 is 2.59 bits per heavy atom.